The summed E-state index contributed by atoms with van der Waals surface area (Å²) in [5, 5.41) is 9.39. The Morgan fingerprint density at radius 3 is 2.92 bits per heavy atom. The summed E-state index contributed by atoms with van der Waals surface area (Å²) in [5.74, 6) is -1.79. The molecule has 8 heteroatoms. The molecule has 2 atom stereocenters. The Hall–Kier alpha value is -2.58. The molecule has 26 heavy (non-hydrogen) atoms. The van der Waals surface area contributed by atoms with Crippen LogP contribution < -0.4 is 4.90 Å². The monoisotopic (exact) mass is 361 g/mol. The van der Waals surface area contributed by atoms with Crippen LogP contribution in [0.5, 0.6) is 0 Å². The zero-order chi connectivity index (χ0) is 18.8. The summed E-state index contributed by atoms with van der Waals surface area (Å²) in [6.07, 6.45) is -0.210. The maximum Gasteiger partial charge on any atom is 0.420 e. The van der Waals surface area contributed by atoms with Gasteiger partial charge >= 0.3 is 11.9 Å². The van der Waals surface area contributed by atoms with Crippen molar-refractivity contribution in [3.05, 3.63) is 29.3 Å². The van der Waals surface area contributed by atoms with E-state index in [0.29, 0.717) is 24.2 Å². The van der Waals surface area contributed by atoms with Crippen molar-refractivity contribution in [1.82, 2.24) is 0 Å². The Balaban J connectivity index is 1.85. The fraction of sp³-hybridized carbons (Fsp3) is 0.444. The van der Waals surface area contributed by atoms with Crippen LogP contribution in [0.2, 0.25) is 0 Å². The smallest absolute Gasteiger partial charge is 0.420 e. The minimum absolute atomic E-state index is 0.100. The molecule has 1 saturated heterocycles. The molecular weight excluding hydrogens is 340 g/mol. The number of aliphatic carboxylic acids is 1. The van der Waals surface area contributed by atoms with Crippen LogP contribution in [-0.2, 0) is 19.1 Å². The predicted molar refractivity (Wildman–Crippen MR) is 91.9 cm³/mol. The van der Waals surface area contributed by atoms with E-state index < -0.39 is 24.1 Å². The van der Waals surface area contributed by atoms with E-state index in [1.807, 2.05) is 6.92 Å². The number of amides is 2. The quantitative estimate of drug-likeness (QED) is 0.742. The molecule has 0 aromatic heterocycles. The first kappa shape index (κ1) is 18.2. The van der Waals surface area contributed by atoms with Crippen molar-refractivity contribution in [2.45, 2.75) is 25.6 Å². The van der Waals surface area contributed by atoms with Gasteiger partial charge in [0.15, 0.2) is 18.4 Å². The topological polar surface area (TPSA) is 96.2 Å². The van der Waals surface area contributed by atoms with E-state index in [0.717, 1.165) is 5.56 Å². The maximum atomic E-state index is 12.8. The summed E-state index contributed by atoms with van der Waals surface area (Å²) < 4.78 is 12.2. The van der Waals surface area contributed by atoms with E-state index in [1.54, 1.807) is 31.5 Å². The fourth-order valence-electron chi connectivity index (χ4n) is 3.09. The number of carbonyl (C=O) groups excluding carboxylic acids is 2. The summed E-state index contributed by atoms with van der Waals surface area (Å²) in [6, 6.07) is 5.11. The van der Waals surface area contributed by atoms with Crippen molar-refractivity contribution in [3.63, 3.8) is 0 Å². The van der Waals surface area contributed by atoms with Gasteiger partial charge in [0.05, 0.1) is 12.2 Å². The third kappa shape index (κ3) is 3.25. The van der Waals surface area contributed by atoms with Gasteiger partial charge in [-0.2, -0.15) is 4.58 Å². The summed E-state index contributed by atoms with van der Waals surface area (Å²) >= 11 is 0. The molecule has 1 aromatic carbocycles. The van der Waals surface area contributed by atoms with Gasteiger partial charge in [-0.25, -0.2) is 9.59 Å². The first-order chi connectivity index (χ1) is 12.4. The molecule has 1 N–H and O–H groups in total. The van der Waals surface area contributed by atoms with Crippen LogP contribution in [0.15, 0.2) is 18.2 Å². The van der Waals surface area contributed by atoms with Crippen molar-refractivity contribution in [3.8, 4) is 0 Å². The molecule has 0 bridgehead atoms. The number of ether oxygens (including phenoxy) is 2. The third-order valence-electron chi connectivity index (χ3n) is 4.37. The van der Waals surface area contributed by atoms with Gasteiger partial charge in [0.2, 0.25) is 0 Å². The van der Waals surface area contributed by atoms with E-state index in [4.69, 9.17) is 9.47 Å². The molecule has 2 aliphatic rings. The van der Waals surface area contributed by atoms with Crippen LogP contribution in [0, 0.1) is 0 Å². The minimum Gasteiger partial charge on any atom is -0.479 e. The van der Waals surface area contributed by atoms with E-state index in [1.165, 1.54) is 9.48 Å². The first-order valence-corrected chi connectivity index (χ1v) is 8.47. The van der Waals surface area contributed by atoms with Crippen LogP contribution >= 0.6 is 0 Å². The maximum absolute atomic E-state index is 12.8. The number of carbonyl (C=O) groups is 3. The van der Waals surface area contributed by atoms with Gasteiger partial charge in [-0.3, -0.25) is 4.79 Å². The Kier molecular flexibility index (Phi) is 5.15. The number of hydrogen-bond donors (Lipinski definition) is 1. The van der Waals surface area contributed by atoms with Gasteiger partial charge in [0, 0.05) is 18.8 Å². The number of carboxylic acids is 1. The third-order valence-corrected chi connectivity index (χ3v) is 4.37. The summed E-state index contributed by atoms with van der Waals surface area (Å²) in [5.41, 5.74) is 1.90. The zero-order valence-corrected chi connectivity index (χ0v) is 14.7. The molecule has 2 unspecified atom stereocenters. The lowest BCUT2D eigenvalue weighted by Gasteiger charge is -2.34. The summed E-state index contributed by atoms with van der Waals surface area (Å²) in [6.45, 7) is 2.59. The molecule has 0 spiro atoms. The average molecular weight is 361 g/mol. The molecule has 0 radical (unpaired) electrons. The molecular formula is C18H21N2O6+. The number of hydrogen-bond acceptors (Lipinski definition) is 5. The second-order valence-electron chi connectivity index (χ2n) is 6.23. The Morgan fingerprint density at radius 2 is 2.23 bits per heavy atom. The van der Waals surface area contributed by atoms with Crippen molar-refractivity contribution in [2.24, 2.45) is 0 Å². The number of morpholine rings is 1. The highest BCUT2D eigenvalue weighted by Crippen LogP contribution is 2.25. The van der Waals surface area contributed by atoms with E-state index >= 15 is 0 Å². The van der Waals surface area contributed by atoms with Crippen LogP contribution in [0.25, 0.3) is 0 Å². The Labute approximate surface area is 150 Å². The Morgan fingerprint density at radius 1 is 1.46 bits per heavy atom. The SMILES string of the molecule is CCCOC(C(=O)O)C1OCCN(c2ccc3c(c2)C=[N+](C)C3=O)C1=O. The van der Waals surface area contributed by atoms with Gasteiger partial charge in [-0.1, -0.05) is 6.92 Å². The van der Waals surface area contributed by atoms with Gasteiger partial charge in [-0.05, 0) is 24.6 Å². The highest BCUT2D eigenvalue weighted by atomic mass is 16.6. The lowest BCUT2D eigenvalue weighted by atomic mass is 10.1. The molecule has 138 valence electrons. The second kappa shape index (κ2) is 7.35. The number of anilines is 1. The van der Waals surface area contributed by atoms with Gasteiger partial charge in [0.1, 0.15) is 12.6 Å². The standard InChI is InChI=1S/C18H20N2O6/c1-3-7-25-15(18(23)24)14-17(22)20(6-8-26-14)12-4-5-13-11(9-12)10-19(2)16(13)21/h4-5,9-10,14-15H,3,6-8H2,1-2H3/p+1. The highest BCUT2D eigenvalue weighted by Gasteiger charge is 2.41. The summed E-state index contributed by atoms with van der Waals surface area (Å²) in [7, 11) is 1.67. The van der Waals surface area contributed by atoms with E-state index in [2.05, 4.69) is 0 Å². The van der Waals surface area contributed by atoms with Crippen molar-refractivity contribution < 1.29 is 33.5 Å². The van der Waals surface area contributed by atoms with Gasteiger partial charge < -0.3 is 19.5 Å². The minimum atomic E-state index is -1.35. The van der Waals surface area contributed by atoms with Gasteiger partial charge in [-0.15, -0.1) is 0 Å². The van der Waals surface area contributed by atoms with Crippen LogP contribution in [0.4, 0.5) is 5.69 Å². The molecule has 8 nitrogen and oxygen atoms in total. The molecule has 2 aliphatic heterocycles. The molecule has 2 amide bonds. The number of nitrogens with zero attached hydrogens (tertiary/aromatic N) is 2. The lowest BCUT2D eigenvalue weighted by molar-refractivity contribution is -0.385. The first-order valence-electron chi connectivity index (χ1n) is 8.47. The number of carboxylic acid groups (broad SMARTS) is 1. The van der Waals surface area contributed by atoms with Crippen molar-refractivity contribution >= 4 is 29.7 Å². The number of rotatable bonds is 6. The molecule has 1 aromatic rings. The molecule has 2 heterocycles. The lowest BCUT2D eigenvalue weighted by Crippen LogP contribution is -2.55. The van der Waals surface area contributed by atoms with Crippen molar-refractivity contribution in [2.75, 3.05) is 31.7 Å². The van der Waals surface area contributed by atoms with E-state index in [-0.39, 0.29) is 19.1 Å². The van der Waals surface area contributed by atoms with Gasteiger partial charge in [0.25, 0.3) is 5.91 Å². The zero-order valence-electron chi connectivity index (χ0n) is 14.7. The fourth-order valence-corrected chi connectivity index (χ4v) is 3.09. The highest BCUT2D eigenvalue weighted by molar-refractivity contribution is 6.06. The average Bonchev–Trinajstić information content (AvgIpc) is 2.90. The van der Waals surface area contributed by atoms with Crippen LogP contribution in [-0.4, -0.2) is 72.7 Å². The molecule has 3 rings (SSSR count). The van der Waals surface area contributed by atoms with Crippen LogP contribution in [0.3, 0.4) is 0 Å². The van der Waals surface area contributed by atoms with Crippen LogP contribution in [0.1, 0.15) is 29.3 Å². The predicted octanol–water partition coefficient (Wildman–Crippen LogP) is 0.513. The second-order valence-corrected chi connectivity index (χ2v) is 6.23. The molecule has 0 aliphatic carbocycles. The Bertz CT molecular complexity index is 788. The summed E-state index contributed by atoms with van der Waals surface area (Å²) in [4.78, 5) is 37.8. The molecule has 0 saturated carbocycles. The van der Waals surface area contributed by atoms with Crippen molar-refractivity contribution in [1.29, 1.82) is 0 Å². The number of benzene rings is 1. The van der Waals surface area contributed by atoms with E-state index in [9.17, 15) is 19.5 Å². The largest absolute Gasteiger partial charge is 0.479 e. The molecule has 1 fully saturated rings. The normalized spacial score (nSPS) is 20.8. The number of fused-ring (bicyclic) bond motifs is 1.